The Kier molecular flexibility index (Phi) is 2.70. The molecule has 0 heterocycles. The molecule has 0 unspecified atom stereocenters. The Labute approximate surface area is 89.1 Å². The van der Waals surface area contributed by atoms with Crippen LogP contribution in [0.25, 0.3) is 0 Å². The van der Waals surface area contributed by atoms with E-state index in [1.807, 2.05) is 6.07 Å². The van der Waals surface area contributed by atoms with E-state index in [4.69, 9.17) is 11.5 Å². The largest absolute Gasteiger partial charge is 0.398 e. The topological polar surface area (TPSA) is 52.0 Å². The second-order valence-corrected chi connectivity index (χ2v) is 4.78. The van der Waals surface area contributed by atoms with Crippen molar-refractivity contribution >= 4 is 17.4 Å². The van der Waals surface area contributed by atoms with Gasteiger partial charge in [-0.2, -0.15) is 0 Å². The molecule has 0 aromatic heterocycles. The SMILES string of the molecule is CSc1cc(C2CC(N)C2)ccc1N. The number of nitrogen functional groups attached to an aromatic ring is 1. The van der Waals surface area contributed by atoms with Gasteiger partial charge < -0.3 is 11.5 Å². The fourth-order valence-corrected chi connectivity index (χ4v) is 2.47. The maximum Gasteiger partial charge on any atom is 0.0452 e. The van der Waals surface area contributed by atoms with Gasteiger partial charge >= 0.3 is 0 Å². The van der Waals surface area contributed by atoms with Crippen LogP contribution in [0.15, 0.2) is 23.1 Å². The third kappa shape index (κ3) is 1.74. The van der Waals surface area contributed by atoms with Crippen LogP contribution in [0.2, 0.25) is 0 Å². The first kappa shape index (κ1) is 9.87. The summed E-state index contributed by atoms with van der Waals surface area (Å²) in [6.07, 6.45) is 4.30. The van der Waals surface area contributed by atoms with Crippen LogP contribution in [-0.4, -0.2) is 12.3 Å². The van der Waals surface area contributed by atoms with Gasteiger partial charge in [-0.25, -0.2) is 0 Å². The maximum absolute atomic E-state index is 5.84. The zero-order valence-corrected chi connectivity index (χ0v) is 9.18. The fourth-order valence-electron chi connectivity index (χ4n) is 1.92. The molecule has 1 aliphatic rings. The number of anilines is 1. The molecule has 1 fully saturated rings. The molecule has 1 aliphatic carbocycles. The first-order valence-electron chi connectivity index (χ1n) is 4.89. The lowest BCUT2D eigenvalue weighted by Crippen LogP contribution is -2.34. The molecule has 0 saturated heterocycles. The highest BCUT2D eigenvalue weighted by atomic mass is 32.2. The van der Waals surface area contributed by atoms with Crippen LogP contribution in [0, 0.1) is 0 Å². The van der Waals surface area contributed by atoms with Gasteiger partial charge in [0.25, 0.3) is 0 Å². The highest BCUT2D eigenvalue weighted by Crippen LogP contribution is 2.37. The van der Waals surface area contributed by atoms with Crippen molar-refractivity contribution in [3.63, 3.8) is 0 Å². The lowest BCUT2D eigenvalue weighted by atomic mass is 9.76. The highest BCUT2D eigenvalue weighted by Gasteiger charge is 2.27. The molecule has 4 N–H and O–H groups in total. The van der Waals surface area contributed by atoms with Gasteiger partial charge in [0.1, 0.15) is 0 Å². The van der Waals surface area contributed by atoms with Crippen molar-refractivity contribution in [2.45, 2.75) is 29.7 Å². The summed E-state index contributed by atoms with van der Waals surface area (Å²) >= 11 is 1.71. The normalized spacial score (nSPS) is 25.9. The molecule has 2 rings (SSSR count). The Balaban J connectivity index is 2.19. The number of hydrogen-bond donors (Lipinski definition) is 2. The number of benzene rings is 1. The molecular weight excluding hydrogens is 192 g/mol. The minimum absolute atomic E-state index is 0.412. The van der Waals surface area contributed by atoms with Crippen molar-refractivity contribution in [3.8, 4) is 0 Å². The third-order valence-corrected chi connectivity index (χ3v) is 3.70. The summed E-state index contributed by atoms with van der Waals surface area (Å²) < 4.78 is 0. The molecule has 76 valence electrons. The van der Waals surface area contributed by atoms with E-state index in [1.165, 1.54) is 10.5 Å². The summed E-state index contributed by atoms with van der Waals surface area (Å²) in [6.45, 7) is 0. The zero-order valence-electron chi connectivity index (χ0n) is 8.36. The van der Waals surface area contributed by atoms with Crippen molar-refractivity contribution in [1.82, 2.24) is 0 Å². The van der Waals surface area contributed by atoms with Crippen LogP contribution in [0.4, 0.5) is 5.69 Å². The molecule has 3 heteroatoms. The summed E-state index contributed by atoms with van der Waals surface area (Å²) in [5.41, 5.74) is 13.9. The van der Waals surface area contributed by atoms with Crippen LogP contribution in [-0.2, 0) is 0 Å². The van der Waals surface area contributed by atoms with Crippen LogP contribution in [0.5, 0.6) is 0 Å². The predicted octanol–water partition coefficient (Wildman–Crippen LogP) is 2.20. The van der Waals surface area contributed by atoms with E-state index < -0.39 is 0 Å². The zero-order chi connectivity index (χ0) is 10.1. The van der Waals surface area contributed by atoms with Gasteiger partial charge in [-0.05, 0) is 42.7 Å². The number of hydrogen-bond acceptors (Lipinski definition) is 3. The Bertz CT molecular complexity index is 332. The molecule has 0 amide bonds. The van der Waals surface area contributed by atoms with Crippen molar-refractivity contribution in [2.24, 2.45) is 5.73 Å². The molecule has 1 aromatic carbocycles. The summed E-state index contributed by atoms with van der Waals surface area (Å²) in [4.78, 5) is 1.18. The van der Waals surface area contributed by atoms with Gasteiger partial charge in [0.2, 0.25) is 0 Å². The average Bonchev–Trinajstić information content (AvgIpc) is 2.14. The van der Waals surface area contributed by atoms with Gasteiger partial charge in [0.05, 0.1) is 0 Å². The Hall–Kier alpha value is -0.670. The maximum atomic E-state index is 5.84. The molecule has 0 atom stereocenters. The summed E-state index contributed by atoms with van der Waals surface area (Å²) in [6, 6.07) is 6.75. The standard InChI is InChI=1S/C11H16N2S/c1-14-11-6-7(2-3-10(11)13)8-4-9(12)5-8/h2-3,6,8-9H,4-5,12-13H2,1H3. The summed E-state index contributed by atoms with van der Waals surface area (Å²) in [5.74, 6) is 0.663. The van der Waals surface area contributed by atoms with E-state index in [-0.39, 0.29) is 0 Å². The second-order valence-electron chi connectivity index (χ2n) is 3.93. The first-order chi connectivity index (χ1) is 6.70. The van der Waals surface area contributed by atoms with Crippen LogP contribution >= 0.6 is 11.8 Å². The van der Waals surface area contributed by atoms with E-state index in [9.17, 15) is 0 Å². The quantitative estimate of drug-likeness (QED) is 0.578. The minimum Gasteiger partial charge on any atom is -0.398 e. The van der Waals surface area contributed by atoms with Crippen LogP contribution in [0.1, 0.15) is 24.3 Å². The molecule has 1 aromatic rings. The van der Waals surface area contributed by atoms with E-state index in [0.29, 0.717) is 12.0 Å². The molecular formula is C11H16N2S. The van der Waals surface area contributed by atoms with Crippen molar-refractivity contribution in [2.75, 3.05) is 12.0 Å². The van der Waals surface area contributed by atoms with Gasteiger partial charge in [0, 0.05) is 16.6 Å². The van der Waals surface area contributed by atoms with Crippen LogP contribution in [0.3, 0.4) is 0 Å². The molecule has 14 heavy (non-hydrogen) atoms. The smallest absolute Gasteiger partial charge is 0.0452 e. The van der Waals surface area contributed by atoms with Crippen molar-refractivity contribution in [3.05, 3.63) is 23.8 Å². The second kappa shape index (κ2) is 3.83. The van der Waals surface area contributed by atoms with Gasteiger partial charge in [-0.3, -0.25) is 0 Å². The predicted molar refractivity (Wildman–Crippen MR) is 62.6 cm³/mol. The average molecular weight is 208 g/mol. The number of thioether (sulfide) groups is 1. The molecule has 0 aliphatic heterocycles. The molecule has 0 bridgehead atoms. The molecule has 0 spiro atoms. The third-order valence-electron chi connectivity index (χ3n) is 2.90. The Morgan fingerprint density at radius 1 is 1.36 bits per heavy atom. The van der Waals surface area contributed by atoms with Crippen molar-refractivity contribution < 1.29 is 0 Å². The minimum atomic E-state index is 0.412. The molecule has 2 nitrogen and oxygen atoms in total. The lowest BCUT2D eigenvalue weighted by molar-refractivity contribution is 0.351. The Morgan fingerprint density at radius 3 is 2.64 bits per heavy atom. The van der Waals surface area contributed by atoms with Gasteiger partial charge in [0.15, 0.2) is 0 Å². The summed E-state index contributed by atoms with van der Waals surface area (Å²) in [5, 5.41) is 0. The highest BCUT2D eigenvalue weighted by molar-refractivity contribution is 7.98. The van der Waals surface area contributed by atoms with Crippen molar-refractivity contribution in [1.29, 1.82) is 0 Å². The first-order valence-corrected chi connectivity index (χ1v) is 6.12. The van der Waals surface area contributed by atoms with Crippen LogP contribution < -0.4 is 11.5 Å². The van der Waals surface area contributed by atoms with E-state index in [1.54, 1.807) is 11.8 Å². The molecule has 1 saturated carbocycles. The van der Waals surface area contributed by atoms with E-state index in [2.05, 4.69) is 18.4 Å². The fraction of sp³-hybridized carbons (Fsp3) is 0.455. The lowest BCUT2D eigenvalue weighted by Gasteiger charge is -2.33. The Morgan fingerprint density at radius 2 is 2.07 bits per heavy atom. The van der Waals surface area contributed by atoms with E-state index in [0.717, 1.165) is 18.5 Å². The number of rotatable bonds is 2. The van der Waals surface area contributed by atoms with E-state index >= 15 is 0 Å². The van der Waals surface area contributed by atoms with Gasteiger partial charge in [-0.1, -0.05) is 6.07 Å². The molecule has 0 radical (unpaired) electrons. The number of nitrogens with two attached hydrogens (primary N) is 2. The monoisotopic (exact) mass is 208 g/mol. The van der Waals surface area contributed by atoms with Gasteiger partial charge in [-0.15, -0.1) is 11.8 Å². The summed E-state index contributed by atoms with van der Waals surface area (Å²) in [7, 11) is 0.